The van der Waals surface area contributed by atoms with Gasteiger partial charge in [-0.05, 0) is 31.5 Å². The molecule has 2 atom stereocenters. The maximum Gasteiger partial charge on any atom is 0.328 e. The molecule has 0 saturated carbocycles. The van der Waals surface area contributed by atoms with Gasteiger partial charge in [0.25, 0.3) is 0 Å². The lowest BCUT2D eigenvalue weighted by Crippen LogP contribution is -2.45. The number of esters is 1. The molecule has 0 spiro atoms. The van der Waals surface area contributed by atoms with Crippen LogP contribution in [0.25, 0.3) is 0 Å². The first-order valence-corrected chi connectivity index (χ1v) is 5.65. The summed E-state index contributed by atoms with van der Waals surface area (Å²) >= 11 is 0. The van der Waals surface area contributed by atoms with Crippen LogP contribution in [-0.4, -0.2) is 24.8 Å². The van der Waals surface area contributed by atoms with Crippen molar-refractivity contribution >= 4 is 5.97 Å². The van der Waals surface area contributed by atoms with Crippen LogP contribution in [0.3, 0.4) is 0 Å². The van der Waals surface area contributed by atoms with Crippen molar-refractivity contribution in [3.8, 4) is 5.75 Å². The number of hydrogen-bond donors (Lipinski definition) is 1. The van der Waals surface area contributed by atoms with Gasteiger partial charge >= 0.3 is 5.97 Å². The second-order valence-electron chi connectivity index (χ2n) is 4.55. The van der Waals surface area contributed by atoms with Gasteiger partial charge in [0.05, 0.1) is 7.11 Å². The molecule has 0 aromatic heterocycles. The Morgan fingerprint density at radius 2 is 2.06 bits per heavy atom. The van der Waals surface area contributed by atoms with E-state index in [1.165, 1.54) is 0 Å². The molecule has 2 rings (SSSR count). The van der Waals surface area contributed by atoms with E-state index in [9.17, 15) is 4.79 Å². The van der Waals surface area contributed by atoms with Crippen LogP contribution in [0.2, 0.25) is 0 Å². The van der Waals surface area contributed by atoms with Crippen molar-refractivity contribution in [1.29, 1.82) is 0 Å². The second-order valence-corrected chi connectivity index (χ2v) is 4.55. The smallest absolute Gasteiger partial charge is 0.328 e. The lowest BCUT2D eigenvalue weighted by atomic mass is 9.93. The predicted octanol–water partition coefficient (Wildman–Crippen LogP) is 1.49. The molecular weight excluding hydrogens is 218 g/mol. The first kappa shape index (κ1) is 11.9. The van der Waals surface area contributed by atoms with Crippen LogP contribution >= 0.6 is 0 Å². The molecule has 1 aromatic rings. The van der Waals surface area contributed by atoms with Crippen molar-refractivity contribution in [1.82, 2.24) is 5.32 Å². The van der Waals surface area contributed by atoms with E-state index in [4.69, 9.17) is 9.47 Å². The van der Waals surface area contributed by atoms with E-state index in [0.29, 0.717) is 6.42 Å². The van der Waals surface area contributed by atoms with Crippen LogP contribution in [-0.2, 0) is 16.0 Å². The standard InChI is InChI=1S/C13H17NO3/c1-9-14-13(2,12(15)17-9)8-10-4-6-11(16-3)7-5-10/h4-7,9,14H,8H2,1-3H3. The molecule has 2 unspecified atom stereocenters. The monoisotopic (exact) mass is 235 g/mol. The summed E-state index contributed by atoms with van der Waals surface area (Å²) in [6.07, 6.45) is 0.394. The minimum absolute atomic E-state index is 0.194. The van der Waals surface area contributed by atoms with Crippen molar-refractivity contribution in [2.75, 3.05) is 7.11 Å². The molecule has 4 heteroatoms. The molecule has 1 saturated heterocycles. The first-order valence-electron chi connectivity index (χ1n) is 5.65. The third kappa shape index (κ3) is 2.42. The van der Waals surface area contributed by atoms with E-state index >= 15 is 0 Å². The fourth-order valence-electron chi connectivity index (χ4n) is 2.10. The van der Waals surface area contributed by atoms with Gasteiger partial charge in [-0.3, -0.25) is 5.32 Å². The van der Waals surface area contributed by atoms with Crippen LogP contribution in [0, 0.1) is 0 Å². The van der Waals surface area contributed by atoms with Crippen molar-refractivity contribution in [3.05, 3.63) is 29.8 Å². The molecule has 4 nitrogen and oxygen atoms in total. The molecule has 1 aliphatic rings. The third-order valence-electron chi connectivity index (χ3n) is 2.97. The van der Waals surface area contributed by atoms with Crippen LogP contribution < -0.4 is 10.1 Å². The van der Waals surface area contributed by atoms with Crippen molar-refractivity contribution in [3.63, 3.8) is 0 Å². The summed E-state index contributed by atoms with van der Waals surface area (Å²) in [6.45, 7) is 3.69. The molecule has 1 aliphatic heterocycles. The van der Waals surface area contributed by atoms with Gasteiger partial charge in [0, 0.05) is 6.42 Å². The van der Waals surface area contributed by atoms with E-state index in [0.717, 1.165) is 11.3 Å². The summed E-state index contributed by atoms with van der Waals surface area (Å²) in [4.78, 5) is 11.7. The zero-order valence-electron chi connectivity index (χ0n) is 10.3. The summed E-state index contributed by atoms with van der Waals surface area (Å²) in [6, 6.07) is 7.70. The van der Waals surface area contributed by atoms with E-state index < -0.39 is 5.54 Å². The van der Waals surface area contributed by atoms with Gasteiger partial charge in [0.1, 0.15) is 11.3 Å². The minimum Gasteiger partial charge on any atom is -0.497 e. The van der Waals surface area contributed by atoms with Gasteiger partial charge < -0.3 is 9.47 Å². The fourth-order valence-corrected chi connectivity index (χ4v) is 2.10. The largest absolute Gasteiger partial charge is 0.497 e. The highest BCUT2D eigenvalue weighted by atomic mass is 16.6. The summed E-state index contributed by atoms with van der Waals surface area (Å²) < 4.78 is 10.2. The Labute approximate surface area is 101 Å². The fraction of sp³-hybridized carbons (Fsp3) is 0.462. The first-order chi connectivity index (χ1) is 8.03. The summed E-state index contributed by atoms with van der Waals surface area (Å²) in [7, 11) is 1.63. The lowest BCUT2D eigenvalue weighted by Gasteiger charge is -2.19. The Bertz CT molecular complexity index is 415. The molecule has 17 heavy (non-hydrogen) atoms. The van der Waals surface area contributed by atoms with Crippen molar-refractivity contribution < 1.29 is 14.3 Å². The minimum atomic E-state index is -0.631. The van der Waals surface area contributed by atoms with Gasteiger partial charge in [-0.15, -0.1) is 0 Å². The number of methoxy groups -OCH3 is 1. The number of carbonyl (C=O) groups is 1. The van der Waals surface area contributed by atoms with Gasteiger partial charge in [0.2, 0.25) is 0 Å². The number of hydrogen-bond acceptors (Lipinski definition) is 4. The SMILES string of the molecule is COc1ccc(CC2(C)NC(C)OC2=O)cc1. The molecule has 0 amide bonds. The Hall–Kier alpha value is -1.55. The molecule has 1 aromatic carbocycles. The molecule has 1 fully saturated rings. The maximum atomic E-state index is 11.7. The number of rotatable bonds is 3. The zero-order valence-corrected chi connectivity index (χ0v) is 10.3. The molecule has 92 valence electrons. The van der Waals surface area contributed by atoms with E-state index in [2.05, 4.69) is 5.32 Å². The predicted molar refractivity (Wildman–Crippen MR) is 63.8 cm³/mol. The Morgan fingerprint density at radius 1 is 1.41 bits per heavy atom. The van der Waals surface area contributed by atoms with Gasteiger partial charge in [0.15, 0.2) is 6.23 Å². The molecule has 1 heterocycles. The average molecular weight is 235 g/mol. The van der Waals surface area contributed by atoms with Crippen LogP contribution in [0.15, 0.2) is 24.3 Å². The summed E-state index contributed by atoms with van der Waals surface area (Å²) in [5.74, 6) is 0.620. The number of benzene rings is 1. The van der Waals surface area contributed by atoms with E-state index in [1.54, 1.807) is 7.11 Å². The quantitative estimate of drug-likeness (QED) is 0.806. The topological polar surface area (TPSA) is 47.6 Å². The Balaban J connectivity index is 2.12. The van der Waals surface area contributed by atoms with Crippen LogP contribution in [0.1, 0.15) is 19.4 Å². The lowest BCUT2D eigenvalue weighted by molar-refractivity contribution is -0.144. The van der Waals surface area contributed by atoms with Gasteiger partial charge in [-0.25, -0.2) is 4.79 Å². The molecule has 1 N–H and O–H groups in total. The third-order valence-corrected chi connectivity index (χ3v) is 2.97. The molecule has 0 bridgehead atoms. The van der Waals surface area contributed by atoms with Gasteiger partial charge in [-0.2, -0.15) is 0 Å². The normalized spacial score (nSPS) is 27.9. The highest BCUT2D eigenvalue weighted by Crippen LogP contribution is 2.23. The number of ether oxygens (including phenoxy) is 2. The summed E-state index contributed by atoms with van der Waals surface area (Å²) in [5, 5.41) is 3.15. The average Bonchev–Trinajstić information content (AvgIpc) is 2.53. The zero-order chi connectivity index (χ0) is 12.5. The Kier molecular flexibility index (Phi) is 3.07. The molecular formula is C13H17NO3. The maximum absolute atomic E-state index is 11.7. The van der Waals surface area contributed by atoms with Crippen LogP contribution in [0.5, 0.6) is 5.75 Å². The number of nitrogens with one attached hydrogen (secondary N) is 1. The number of cyclic esters (lactones) is 1. The molecule has 0 radical (unpaired) electrons. The van der Waals surface area contributed by atoms with Crippen molar-refractivity contribution in [2.24, 2.45) is 0 Å². The van der Waals surface area contributed by atoms with Crippen molar-refractivity contribution in [2.45, 2.75) is 32.0 Å². The van der Waals surface area contributed by atoms with Gasteiger partial charge in [-0.1, -0.05) is 12.1 Å². The van der Waals surface area contributed by atoms with E-state index in [-0.39, 0.29) is 12.2 Å². The summed E-state index contributed by atoms with van der Waals surface area (Å²) in [5.41, 5.74) is 0.445. The number of carbonyl (C=O) groups excluding carboxylic acids is 1. The highest BCUT2D eigenvalue weighted by molar-refractivity contribution is 5.82. The second kappa shape index (κ2) is 4.37. The Morgan fingerprint density at radius 3 is 2.53 bits per heavy atom. The van der Waals surface area contributed by atoms with Crippen LogP contribution in [0.4, 0.5) is 0 Å². The van der Waals surface area contributed by atoms with E-state index in [1.807, 2.05) is 38.1 Å². The molecule has 0 aliphatic carbocycles. The highest BCUT2D eigenvalue weighted by Gasteiger charge is 2.42.